The summed E-state index contributed by atoms with van der Waals surface area (Å²) in [6, 6.07) is 15.3. The van der Waals surface area contributed by atoms with Gasteiger partial charge in [0, 0.05) is 29.0 Å². The Bertz CT molecular complexity index is 1150. The Morgan fingerprint density at radius 3 is 2.80 bits per heavy atom. The molecule has 4 rings (SSSR count). The van der Waals surface area contributed by atoms with Crippen LogP contribution in [-0.4, -0.2) is 34.6 Å². The lowest BCUT2D eigenvalue weighted by molar-refractivity contribution is -0.119. The molecule has 2 heterocycles. The second-order valence-corrected chi connectivity index (χ2v) is 7.97. The molecule has 30 heavy (non-hydrogen) atoms. The van der Waals surface area contributed by atoms with E-state index in [1.165, 1.54) is 22.7 Å². The predicted octanol–water partition coefficient (Wildman–Crippen LogP) is 3.75. The highest BCUT2D eigenvalue weighted by atomic mass is 32.2. The van der Waals surface area contributed by atoms with Crippen molar-refractivity contribution in [2.24, 2.45) is 0 Å². The minimum Gasteiger partial charge on any atom is -0.445 e. The molecule has 1 aromatic heterocycles. The fourth-order valence-corrected chi connectivity index (χ4v) is 4.41. The van der Waals surface area contributed by atoms with E-state index in [-0.39, 0.29) is 12.5 Å². The lowest BCUT2D eigenvalue weighted by Gasteiger charge is -2.22. The van der Waals surface area contributed by atoms with E-state index in [2.05, 4.69) is 5.32 Å². The van der Waals surface area contributed by atoms with Crippen LogP contribution in [0.15, 0.2) is 63.8 Å². The van der Waals surface area contributed by atoms with Crippen LogP contribution in [0.2, 0.25) is 0 Å². The molecule has 1 saturated heterocycles. The molecule has 0 unspecified atom stereocenters. The molecule has 1 atom stereocenters. The van der Waals surface area contributed by atoms with Gasteiger partial charge in [0.1, 0.15) is 18.2 Å². The number of anilines is 1. The highest BCUT2D eigenvalue weighted by Gasteiger charge is 2.35. The van der Waals surface area contributed by atoms with Gasteiger partial charge in [0.15, 0.2) is 0 Å². The number of fused-ring (bicyclic) bond motifs is 1. The third-order valence-electron chi connectivity index (χ3n) is 4.84. The predicted molar refractivity (Wildman–Crippen MR) is 115 cm³/mol. The van der Waals surface area contributed by atoms with Crippen molar-refractivity contribution in [3.63, 3.8) is 0 Å². The van der Waals surface area contributed by atoms with Gasteiger partial charge in [0.05, 0.1) is 5.88 Å². The van der Waals surface area contributed by atoms with Crippen molar-refractivity contribution in [1.29, 1.82) is 0 Å². The maximum absolute atomic E-state index is 12.8. The molecule has 1 fully saturated rings. The standard InChI is InChI=1S/C22H20N2O5S/c1-14-9-20(25)29-19-10-16(7-8-17(14)19)23-21(26)18-12-30-13-24(18)22(27)28-11-15-5-3-2-4-6-15/h2-10,18H,11-13H2,1H3,(H,23,26)/t18-/m1/s1. The number of nitrogens with zero attached hydrogens (tertiary/aromatic N) is 1. The van der Waals surface area contributed by atoms with E-state index in [1.807, 2.05) is 37.3 Å². The molecule has 1 aliphatic rings. The smallest absolute Gasteiger partial charge is 0.411 e. The Kier molecular flexibility index (Phi) is 5.76. The molecule has 0 radical (unpaired) electrons. The molecular weight excluding hydrogens is 404 g/mol. The normalized spacial score (nSPS) is 15.9. The van der Waals surface area contributed by atoms with Gasteiger partial charge in [-0.25, -0.2) is 9.59 Å². The highest BCUT2D eigenvalue weighted by molar-refractivity contribution is 7.99. The number of carbonyl (C=O) groups is 2. The fourth-order valence-electron chi connectivity index (χ4n) is 3.27. The van der Waals surface area contributed by atoms with Crippen LogP contribution in [0.5, 0.6) is 0 Å². The Labute approximate surface area is 177 Å². The second-order valence-electron chi connectivity index (χ2n) is 6.97. The second kappa shape index (κ2) is 8.62. The molecule has 0 spiro atoms. The van der Waals surface area contributed by atoms with Gasteiger partial charge >= 0.3 is 11.7 Å². The van der Waals surface area contributed by atoms with Crippen LogP contribution in [0.4, 0.5) is 10.5 Å². The van der Waals surface area contributed by atoms with Gasteiger partial charge in [-0.05, 0) is 30.2 Å². The molecule has 1 aliphatic heterocycles. The SMILES string of the molecule is Cc1cc(=O)oc2cc(NC(=O)[C@H]3CSCN3C(=O)OCc3ccccc3)ccc12. The van der Waals surface area contributed by atoms with Crippen molar-refractivity contribution in [3.8, 4) is 0 Å². The van der Waals surface area contributed by atoms with E-state index < -0.39 is 17.8 Å². The number of nitrogens with one attached hydrogen (secondary N) is 1. The van der Waals surface area contributed by atoms with Gasteiger partial charge in [-0.15, -0.1) is 11.8 Å². The maximum Gasteiger partial charge on any atom is 0.411 e. The van der Waals surface area contributed by atoms with Crippen molar-refractivity contribution in [3.05, 3.63) is 76.1 Å². The van der Waals surface area contributed by atoms with Gasteiger partial charge in [0.25, 0.3) is 0 Å². The average Bonchev–Trinajstić information content (AvgIpc) is 3.22. The van der Waals surface area contributed by atoms with E-state index in [0.29, 0.717) is 22.9 Å². The monoisotopic (exact) mass is 424 g/mol. The molecule has 1 N–H and O–H groups in total. The van der Waals surface area contributed by atoms with Crippen molar-refractivity contribution in [1.82, 2.24) is 4.90 Å². The third-order valence-corrected chi connectivity index (χ3v) is 5.86. The summed E-state index contributed by atoms with van der Waals surface area (Å²) in [5, 5.41) is 3.61. The summed E-state index contributed by atoms with van der Waals surface area (Å²) in [4.78, 5) is 38.3. The molecule has 0 aliphatic carbocycles. The largest absolute Gasteiger partial charge is 0.445 e. The van der Waals surface area contributed by atoms with Crippen LogP contribution >= 0.6 is 11.8 Å². The Morgan fingerprint density at radius 2 is 2.00 bits per heavy atom. The highest BCUT2D eigenvalue weighted by Crippen LogP contribution is 2.25. The van der Waals surface area contributed by atoms with Gasteiger partial charge in [-0.1, -0.05) is 30.3 Å². The van der Waals surface area contributed by atoms with E-state index in [4.69, 9.17) is 9.15 Å². The van der Waals surface area contributed by atoms with Crippen LogP contribution in [0, 0.1) is 6.92 Å². The van der Waals surface area contributed by atoms with E-state index in [9.17, 15) is 14.4 Å². The number of hydrogen-bond donors (Lipinski definition) is 1. The van der Waals surface area contributed by atoms with Crippen molar-refractivity contribution in [2.45, 2.75) is 19.6 Å². The van der Waals surface area contributed by atoms with Crippen LogP contribution in [-0.2, 0) is 16.1 Å². The number of ether oxygens (including phenoxy) is 1. The number of rotatable bonds is 4. The first-order valence-electron chi connectivity index (χ1n) is 9.42. The summed E-state index contributed by atoms with van der Waals surface area (Å²) in [6.45, 7) is 1.98. The number of thioether (sulfide) groups is 1. The minimum atomic E-state index is -0.640. The number of amides is 2. The van der Waals surface area contributed by atoms with E-state index >= 15 is 0 Å². The summed E-state index contributed by atoms with van der Waals surface area (Å²) in [6.07, 6.45) is -0.524. The van der Waals surface area contributed by atoms with Gasteiger partial charge in [-0.2, -0.15) is 0 Å². The van der Waals surface area contributed by atoms with E-state index in [0.717, 1.165) is 16.5 Å². The van der Waals surface area contributed by atoms with Crippen LogP contribution in [0.3, 0.4) is 0 Å². The number of benzene rings is 2. The Hall–Kier alpha value is -3.26. The first-order chi connectivity index (χ1) is 14.5. The molecule has 8 heteroatoms. The van der Waals surface area contributed by atoms with Gasteiger partial charge in [0.2, 0.25) is 5.91 Å². The lowest BCUT2D eigenvalue weighted by Crippen LogP contribution is -2.44. The maximum atomic E-state index is 12.8. The molecule has 154 valence electrons. The molecule has 2 amide bonds. The average molecular weight is 424 g/mol. The van der Waals surface area contributed by atoms with Crippen molar-refractivity contribution < 1.29 is 18.7 Å². The van der Waals surface area contributed by atoms with Crippen LogP contribution < -0.4 is 10.9 Å². The quantitative estimate of drug-likeness (QED) is 0.642. The van der Waals surface area contributed by atoms with E-state index in [1.54, 1.807) is 18.2 Å². The summed E-state index contributed by atoms with van der Waals surface area (Å²) in [5.41, 5.74) is 2.14. The zero-order valence-corrected chi connectivity index (χ0v) is 17.1. The number of aryl methyl sites for hydroxylation is 1. The summed E-state index contributed by atoms with van der Waals surface area (Å²) in [5.74, 6) is 0.553. The molecular formula is C22H20N2O5S. The lowest BCUT2D eigenvalue weighted by atomic mass is 10.1. The molecule has 0 saturated carbocycles. The summed E-state index contributed by atoms with van der Waals surface area (Å²) in [7, 11) is 0. The molecule has 0 bridgehead atoms. The zero-order chi connectivity index (χ0) is 21.1. The van der Waals surface area contributed by atoms with Crippen LogP contribution in [0.25, 0.3) is 11.0 Å². The Balaban J connectivity index is 1.44. The minimum absolute atomic E-state index is 0.151. The first-order valence-corrected chi connectivity index (χ1v) is 10.6. The summed E-state index contributed by atoms with van der Waals surface area (Å²) < 4.78 is 10.6. The first kappa shape index (κ1) is 20.0. The Morgan fingerprint density at radius 1 is 1.20 bits per heavy atom. The fraction of sp³-hybridized carbons (Fsp3) is 0.227. The van der Waals surface area contributed by atoms with Gasteiger partial charge in [-0.3, -0.25) is 9.69 Å². The van der Waals surface area contributed by atoms with Crippen molar-refractivity contribution >= 4 is 40.4 Å². The molecule has 3 aromatic rings. The summed E-state index contributed by atoms with van der Waals surface area (Å²) >= 11 is 1.49. The topological polar surface area (TPSA) is 88.9 Å². The molecule has 2 aromatic carbocycles. The third kappa shape index (κ3) is 4.33. The van der Waals surface area contributed by atoms with Crippen molar-refractivity contribution in [2.75, 3.05) is 16.9 Å². The van der Waals surface area contributed by atoms with Gasteiger partial charge < -0.3 is 14.5 Å². The van der Waals surface area contributed by atoms with Crippen LogP contribution in [0.1, 0.15) is 11.1 Å². The number of carbonyl (C=O) groups excluding carboxylic acids is 2. The zero-order valence-electron chi connectivity index (χ0n) is 16.3. The number of hydrogen-bond acceptors (Lipinski definition) is 6. The molecule has 7 nitrogen and oxygen atoms in total.